The number of ether oxygens (including phenoxy) is 1. The van der Waals surface area contributed by atoms with Crippen LogP contribution in [0.5, 0.6) is 5.75 Å². The largest absolute Gasteiger partial charge is 0.485 e. The number of hydrogen-bond acceptors (Lipinski definition) is 5. The van der Waals surface area contributed by atoms with Gasteiger partial charge in [-0.3, -0.25) is 0 Å². The van der Waals surface area contributed by atoms with E-state index < -0.39 is 11.7 Å². The topological polar surface area (TPSA) is 68.8 Å². The molecule has 1 fully saturated rings. The molecule has 0 aliphatic carbocycles. The van der Waals surface area contributed by atoms with Crippen LogP contribution >= 0.6 is 11.8 Å². The van der Waals surface area contributed by atoms with Crippen LogP contribution in [0.1, 0.15) is 25.5 Å². The summed E-state index contributed by atoms with van der Waals surface area (Å²) in [5.74, 6) is 1.65. The van der Waals surface area contributed by atoms with Gasteiger partial charge in [0, 0.05) is 17.9 Å². The maximum Gasteiger partial charge on any atom is 0.208 e. The minimum Gasteiger partial charge on any atom is -0.485 e. The van der Waals surface area contributed by atoms with Crippen LogP contribution in [-0.2, 0) is 0 Å². The number of para-hydroxylation sites is 1. The van der Waals surface area contributed by atoms with E-state index >= 15 is 0 Å². The van der Waals surface area contributed by atoms with Crippen molar-refractivity contribution in [2.75, 3.05) is 12.3 Å². The van der Waals surface area contributed by atoms with E-state index in [0.29, 0.717) is 5.17 Å². The quantitative estimate of drug-likeness (QED) is 0.805. The van der Waals surface area contributed by atoms with Crippen molar-refractivity contribution in [3.05, 3.63) is 29.8 Å². The highest BCUT2D eigenvalue weighted by Crippen LogP contribution is 2.44. The van der Waals surface area contributed by atoms with E-state index in [2.05, 4.69) is 4.99 Å². The Bertz CT molecular complexity index is 624. The Morgan fingerprint density at radius 1 is 1.48 bits per heavy atom. The molecule has 1 aromatic carbocycles. The lowest BCUT2D eigenvalue weighted by molar-refractivity contribution is -0.0799. The van der Waals surface area contributed by atoms with Crippen LogP contribution in [0, 0.1) is 11.5 Å². The molecule has 0 saturated carbocycles. The second-order valence-electron chi connectivity index (χ2n) is 5.67. The van der Waals surface area contributed by atoms with Crippen molar-refractivity contribution in [2.24, 2.45) is 4.99 Å². The summed E-state index contributed by atoms with van der Waals surface area (Å²) in [7, 11) is 0. The van der Waals surface area contributed by atoms with Crippen molar-refractivity contribution in [1.29, 1.82) is 5.26 Å². The van der Waals surface area contributed by atoms with Gasteiger partial charge >= 0.3 is 0 Å². The molecule has 0 unspecified atom stereocenters. The molecule has 3 rings (SSSR count). The molecule has 2 heterocycles. The normalized spacial score (nSPS) is 28.9. The molecule has 110 valence electrons. The van der Waals surface area contributed by atoms with Crippen molar-refractivity contribution in [1.82, 2.24) is 4.90 Å². The number of fused-ring (bicyclic) bond motifs is 1. The minimum absolute atomic E-state index is 0.243. The number of nitrogens with zero attached hydrogens (tertiary/aromatic N) is 3. The number of amidine groups is 1. The van der Waals surface area contributed by atoms with Gasteiger partial charge in [0.2, 0.25) is 6.19 Å². The third-order valence-corrected chi connectivity index (χ3v) is 4.88. The smallest absolute Gasteiger partial charge is 0.208 e. The Hall–Kier alpha value is -1.71. The van der Waals surface area contributed by atoms with Crippen LogP contribution in [0.4, 0.5) is 0 Å². The number of hydrogen-bond donors (Lipinski definition) is 1. The first-order chi connectivity index (χ1) is 10.0. The van der Waals surface area contributed by atoms with Crippen LogP contribution in [0.15, 0.2) is 29.3 Å². The molecule has 21 heavy (non-hydrogen) atoms. The standard InChI is InChI=1S/C15H17N3O2S/c1-15(2)13(19)12(10-5-3-4-6-11(10)20-15)18-7-8-21-14(18)17-9-16/h3-6,12-13,19H,7-8H2,1-2H3/t12-,13+/m0/s1. The minimum atomic E-state index is -0.699. The van der Waals surface area contributed by atoms with Gasteiger partial charge < -0.3 is 14.7 Å². The number of aliphatic hydroxyl groups excluding tert-OH is 1. The summed E-state index contributed by atoms with van der Waals surface area (Å²) in [6.07, 6.45) is 1.15. The fourth-order valence-electron chi connectivity index (χ4n) is 2.86. The summed E-state index contributed by atoms with van der Waals surface area (Å²) in [4.78, 5) is 5.91. The van der Waals surface area contributed by atoms with Gasteiger partial charge in [-0.25, -0.2) is 0 Å². The average molecular weight is 303 g/mol. The summed E-state index contributed by atoms with van der Waals surface area (Å²) < 4.78 is 5.93. The van der Waals surface area contributed by atoms with Gasteiger partial charge in [0.15, 0.2) is 5.17 Å². The number of benzene rings is 1. The van der Waals surface area contributed by atoms with E-state index in [4.69, 9.17) is 10.00 Å². The second-order valence-corrected chi connectivity index (χ2v) is 6.73. The Labute approximate surface area is 128 Å². The molecule has 1 N–H and O–H groups in total. The van der Waals surface area contributed by atoms with Crippen molar-refractivity contribution in [2.45, 2.75) is 31.6 Å². The van der Waals surface area contributed by atoms with E-state index in [1.807, 2.05) is 49.2 Å². The molecular formula is C15H17N3O2S. The molecular weight excluding hydrogens is 286 g/mol. The van der Waals surface area contributed by atoms with E-state index in [1.54, 1.807) is 11.8 Å². The van der Waals surface area contributed by atoms with Gasteiger partial charge in [-0.15, -0.1) is 4.99 Å². The lowest BCUT2D eigenvalue weighted by Crippen LogP contribution is -2.53. The molecule has 1 saturated heterocycles. The first-order valence-electron chi connectivity index (χ1n) is 6.87. The molecule has 0 radical (unpaired) electrons. The maximum atomic E-state index is 10.8. The van der Waals surface area contributed by atoms with Gasteiger partial charge in [-0.05, 0) is 19.9 Å². The SMILES string of the molecule is CC1(C)Oc2ccccc2[C@H](N2CCSC2=NC#N)[C@H]1O. The fourth-order valence-corrected chi connectivity index (χ4v) is 3.81. The highest BCUT2D eigenvalue weighted by Gasteiger charge is 2.47. The van der Waals surface area contributed by atoms with Crippen LogP contribution in [-0.4, -0.2) is 39.2 Å². The molecule has 0 bridgehead atoms. The Balaban J connectivity index is 2.08. The average Bonchev–Trinajstić information content (AvgIpc) is 2.88. The predicted octanol–water partition coefficient (Wildman–Crippen LogP) is 2.15. The molecule has 2 atom stereocenters. The number of aliphatic hydroxyl groups is 1. The lowest BCUT2D eigenvalue weighted by atomic mass is 9.86. The fraction of sp³-hybridized carbons (Fsp3) is 0.467. The third kappa shape index (κ3) is 2.37. The van der Waals surface area contributed by atoms with Gasteiger partial charge in [-0.1, -0.05) is 30.0 Å². The molecule has 0 spiro atoms. The second kappa shape index (κ2) is 5.24. The first-order valence-corrected chi connectivity index (χ1v) is 7.85. The van der Waals surface area contributed by atoms with Gasteiger partial charge in [-0.2, -0.15) is 5.26 Å². The Morgan fingerprint density at radius 2 is 2.24 bits per heavy atom. The Morgan fingerprint density at radius 3 is 3.00 bits per heavy atom. The van der Waals surface area contributed by atoms with Crippen molar-refractivity contribution >= 4 is 16.9 Å². The third-order valence-electron chi connectivity index (χ3n) is 3.91. The monoisotopic (exact) mass is 303 g/mol. The van der Waals surface area contributed by atoms with Gasteiger partial charge in [0.1, 0.15) is 17.5 Å². The van der Waals surface area contributed by atoms with Crippen molar-refractivity contribution < 1.29 is 9.84 Å². The van der Waals surface area contributed by atoms with Crippen LogP contribution in [0.2, 0.25) is 0 Å². The van der Waals surface area contributed by atoms with E-state index in [0.717, 1.165) is 23.6 Å². The highest BCUT2D eigenvalue weighted by atomic mass is 32.2. The molecule has 5 nitrogen and oxygen atoms in total. The predicted molar refractivity (Wildman–Crippen MR) is 82.1 cm³/mol. The van der Waals surface area contributed by atoms with Crippen LogP contribution in [0.25, 0.3) is 0 Å². The van der Waals surface area contributed by atoms with Crippen molar-refractivity contribution in [3.8, 4) is 11.9 Å². The lowest BCUT2D eigenvalue weighted by Gasteiger charge is -2.45. The molecule has 2 aliphatic heterocycles. The summed E-state index contributed by atoms with van der Waals surface area (Å²) in [6.45, 7) is 4.52. The summed E-state index contributed by atoms with van der Waals surface area (Å²) >= 11 is 1.55. The van der Waals surface area contributed by atoms with E-state index in [1.165, 1.54) is 0 Å². The number of aliphatic imine (C=N–C) groups is 1. The molecule has 0 aromatic heterocycles. The number of thioether (sulfide) groups is 1. The number of rotatable bonds is 1. The van der Waals surface area contributed by atoms with Crippen LogP contribution in [0.3, 0.4) is 0 Å². The summed E-state index contributed by atoms with van der Waals surface area (Å²) in [5, 5.41) is 20.3. The molecule has 6 heteroatoms. The molecule has 2 aliphatic rings. The number of nitriles is 1. The Kier molecular flexibility index (Phi) is 3.56. The van der Waals surface area contributed by atoms with E-state index in [-0.39, 0.29) is 6.04 Å². The van der Waals surface area contributed by atoms with Crippen molar-refractivity contribution in [3.63, 3.8) is 0 Å². The maximum absolute atomic E-state index is 10.8. The van der Waals surface area contributed by atoms with Gasteiger partial charge in [0.05, 0.1) is 6.04 Å². The summed E-state index contributed by atoms with van der Waals surface area (Å²) in [5.41, 5.74) is 0.252. The molecule has 1 aromatic rings. The highest BCUT2D eigenvalue weighted by molar-refractivity contribution is 8.14. The van der Waals surface area contributed by atoms with E-state index in [9.17, 15) is 5.11 Å². The van der Waals surface area contributed by atoms with Crippen LogP contribution < -0.4 is 4.74 Å². The van der Waals surface area contributed by atoms with Gasteiger partial charge in [0.25, 0.3) is 0 Å². The zero-order valence-corrected chi connectivity index (χ0v) is 12.8. The first kappa shape index (κ1) is 14.2. The summed E-state index contributed by atoms with van der Waals surface area (Å²) in [6, 6.07) is 7.50. The zero-order chi connectivity index (χ0) is 15.0. The zero-order valence-electron chi connectivity index (χ0n) is 12.0. The molecule has 0 amide bonds.